The van der Waals surface area contributed by atoms with E-state index in [1.807, 2.05) is 6.07 Å². The van der Waals surface area contributed by atoms with Gasteiger partial charge in [0.2, 0.25) is 0 Å². The first kappa shape index (κ1) is 14.0. The minimum Gasteiger partial charge on any atom is -0.388 e. The first-order valence-corrected chi connectivity index (χ1v) is 7.54. The van der Waals surface area contributed by atoms with Crippen LogP contribution in [0.4, 0.5) is 0 Å². The summed E-state index contributed by atoms with van der Waals surface area (Å²) in [6, 6.07) is 5.40. The smallest absolute Gasteiger partial charge is 0.251 e. The molecule has 1 amide bonds. The number of amides is 1. The van der Waals surface area contributed by atoms with E-state index in [-0.39, 0.29) is 5.91 Å². The largest absolute Gasteiger partial charge is 0.388 e. The highest BCUT2D eigenvalue weighted by molar-refractivity contribution is 9.11. The van der Waals surface area contributed by atoms with Crippen LogP contribution in [0.15, 0.2) is 27.1 Å². The van der Waals surface area contributed by atoms with Gasteiger partial charge in [0.25, 0.3) is 5.91 Å². The Morgan fingerprint density at radius 1 is 1.22 bits per heavy atom. The van der Waals surface area contributed by atoms with Gasteiger partial charge >= 0.3 is 0 Å². The second-order valence-corrected chi connectivity index (χ2v) is 6.60. The number of benzene rings is 1. The van der Waals surface area contributed by atoms with Crippen molar-refractivity contribution in [3.8, 4) is 0 Å². The molecule has 0 unspecified atom stereocenters. The van der Waals surface area contributed by atoms with Gasteiger partial charge in [-0.3, -0.25) is 4.79 Å². The Morgan fingerprint density at radius 2 is 1.78 bits per heavy atom. The van der Waals surface area contributed by atoms with E-state index in [9.17, 15) is 9.90 Å². The molecule has 5 heteroatoms. The third-order valence-corrected chi connectivity index (χ3v) is 4.15. The summed E-state index contributed by atoms with van der Waals surface area (Å²) in [6.45, 7) is 0.329. The number of halogens is 2. The topological polar surface area (TPSA) is 49.3 Å². The molecule has 0 heterocycles. The molecule has 1 saturated carbocycles. The molecular formula is C13H15Br2NO2. The van der Waals surface area contributed by atoms with E-state index in [2.05, 4.69) is 37.2 Å². The van der Waals surface area contributed by atoms with Crippen LogP contribution in [0.2, 0.25) is 0 Å². The summed E-state index contributed by atoms with van der Waals surface area (Å²) in [6.07, 6.45) is 3.62. The van der Waals surface area contributed by atoms with E-state index in [0.717, 1.165) is 34.6 Å². The number of hydrogen-bond donors (Lipinski definition) is 2. The Kier molecular flexibility index (Phi) is 4.45. The monoisotopic (exact) mass is 375 g/mol. The highest BCUT2D eigenvalue weighted by Gasteiger charge is 2.31. The number of aliphatic hydroxyl groups is 1. The van der Waals surface area contributed by atoms with Gasteiger partial charge < -0.3 is 10.4 Å². The van der Waals surface area contributed by atoms with Crippen molar-refractivity contribution in [3.63, 3.8) is 0 Å². The van der Waals surface area contributed by atoms with Crippen molar-refractivity contribution in [1.29, 1.82) is 0 Å². The fourth-order valence-corrected chi connectivity index (χ4v) is 3.54. The summed E-state index contributed by atoms with van der Waals surface area (Å²) in [5, 5.41) is 13.0. The molecular weight excluding hydrogens is 362 g/mol. The van der Waals surface area contributed by atoms with E-state index in [0.29, 0.717) is 12.1 Å². The number of hydrogen-bond acceptors (Lipinski definition) is 2. The van der Waals surface area contributed by atoms with Gasteiger partial charge in [-0.25, -0.2) is 0 Å². The van der Waals surface area contributed by atoms with E-state index in [1.54, 1.807) is 12.1 Å². The van der Waals surface area contributed by atoms with Gasteiger partial charge in [-0.05, 0) is 31.0 Å². The van der Waals surface area contributed by atoms with Crippen LogP contribution in [-0.2, 0) is 0 Å². The molecule has 98 valence electrons. The lowest BCUT2D eigenvalue weighted by Crippen LogP contribution is -2.40. The Morgan fingerprint density at radius 3 is 2.33 bits per heavy atom. The molecule has 1 aliphatic rings. The lowest BCUT2D eigenvalue weighted by molar-refractivity contribution is 0.0449. The molecule has 0 aromatic heterocycles. The van der Waals surface area contributed by atoms with Crippen LogP contribution >= 0.6 is 31.9 Å². The predicted molar refractivity (Wildman–Crippen MR) is 77.6 cm³/mol. The maximum atomic E-state index is 12.0. The highest BCUT2D eigenvalue weighted by Crippen LogP contribution is 2.28. The van der Waals surface area contributed by atoms with Gasteiger partial charge in [0.05, 0.1) is 5.60 Å². The van der Waals surface area contributed by atoms with Crippen LogP contribution in [0, 0.1) is 0 Å². The van der Waals surface area contributed by atoms with Crippen molar-refractivity contribution >= 4 is 37.8 Å². The maximum absolute atomic E-state index is 12.0. The van der Waals surface area contributed by atoms with Gasteiger partial charge in [0, 0.05) is 21.1 Å². The van der Waals surface area contributed by atoms with Crippen molar-refractivity contribution < 1.29 is 9.90 Å². The Bertz CT molecular complexity index is 436. The van der Waals surface area contributed by atoms with Crippen molar-refractivity contribution in [3.05, 3.63) is 32.7 Å². The molecule has 3 nitrogen and oxygen atoms in total. The third-order valence-electron chi connectivity index (χ3n) is 3.24. The molecule has 1 fully saturated rings. The standard InChI is InChI=1S/C13H15Br2NO2/c14-10-5-9(6-11(15)7-10)12(17)16-8-13(18)3-1-2-4-13/h5-7,18H,1-4,8H2,(H,16,17). The predicted octanol–water partition coefficient (Wildman–Crippen LogP) is 3.25. The molecule has 0 bridgehead atoms. The number of nitrogens with one attached hydrogen (secondary N) is 1. The highest BCUT2D eigenvalue weighted by atomic mass is 79.9. The zero-order chi connectivity index (χ0) is 13.2. The quantitative estimate of drug-likeness (QED) is 0.850. The molecule has 1 aromatic rings. The van der Waals surface area contributed by atoms with Gasteiger partial charge in [0.15, 0.2) is 0 Å². The van der Waals surface area contributed by atoms with Crippen molar-refractivity contribution in [2.75, 3.05) is 6.54 Å². The van der Waals surface area contributed by atoms with E-state index in [1.165, 1.54) is 0 Å². The van der Waals surface area contributed by atoms with Crippen molar-refractivity contribution in [2.24, 2.45) is 0 Å². The summed E-state index contributed by atoms with van der Waals surface area (Å²) >= 11 is 6.70. The van der Waals surface area contributed by atoms with Crippen LogP contribution in [0.1, 0.15) is 36.0 Å². The van der Waals surface area contributed by atoms with Gasteiger partial charge in [0.1, 0.15) is 0 Å². The van der Waals surface area contributed by atoms with Crippen LogP contribution in [-0.4, -0.2) is 23.2 Å². The molecule has 0 aliphatic heterocycles. The van der Waals surface area contributed by atoms with Gasteiger partial charge in [-0.15, -0.1) is 0 Å². The van der Waals surface area contributed by atoms with Crippen LogP contribution in [0.5, 0.6) is 0 Å². The fraction of sp³-hybridized carbons (Fsp3) is 0.462. The fourth-order valence-electron chi connectivity index (χ4n) is 2.24. The van der Waals surface area contributed by atoms with Crippen molar-refractivity contribution in [1.82, 2.24) is 5.32 Å². The average molecular weight is 377 g/mol. The number of carbonyl (C=O) groups is 1. The Balaban J connectivity index is 1.99. The van der Waals surface area contributed by atoms with E-state index < -0.39 is 5.60 Å². The molecule has 0 saturated heterocycles. The first-order chi connectivity index (χ1) is 8.48. The second kappa shape index (κ2) is 5.72. The minimum atomic E-state index is -0.709. The van der Waals surface area contributed by atoms with E-state index >= 15 is 0 Å². The Labute approximate surface area is 123 Å². The molecule has 2 N–H and O–H groups in total. The zero-order valence-electron chi connectivity index (χ0n) is 9.88. The van der Waals surface area contributed by atoms with Gasteiger partial charge in [-0.1, -0.05) is 44.7 Å². The molecule has 2 rings (SSSR count). The molecule has 1 aromatic carbocycles. The normalized spacial score (nSPS) is 17.7. The van der Waals surface area contributed by atoms with Gasteiger partial charge in [-0.2, -0.15) is 0 Å². The summed E-state index contributed by atoms with van der Waals surface area (Å²) in [5.74, 6) is -0.155. The first-order valence-electron chi connectivity index (χ1n) is 5.95. The summed E-state index contributed by atoms with van der Waals surface area (Å²) < 4.78 is 1.70. The zero-order valence-corrected chi connectivity index (χ0v) is 13.1. The number of carbonyl (C=O) groups excluding carboxylic acids is 1. The number of rotatable bonds is 3. The summed E-state index contributed by atoms with van der Waals surface area (Å²) in [5.41, 5.74) is -0.128. The SMILES string of the molecule is O=C(NCC1(O)CCCC1)c1cc(Br)cc(Br)c1. The minimum absolute atomic E-state index is 0.155. The second-order valence-electron chi connectivity index (χ2n) is 4.77. The molecule has 18 heavy (non-hydrogen) atoms. The molecule has 1 aliphatic carbocycles. The molecule has 0 atom stereocenters. The van der Waals surface area contributed by atoms with Crippen molar-refractivity contribution in [2.45, 2.75) is 31.3 Å². The lowest BCUT2D eigenvalue weighted by atomic mass is 10.0. The lowest BCUT2D eigenvalue weighted by Gasteiger charge is -2.22. The average Bonchev–Trinajstić information content (AvgIpc) is 2.72. The summed E-state index contributed by atoms with van der Waals surface area (Å²) in [4.78, 5) is 12.0. The third kappa shape index (κ3) is 3.56. The van der Waals surface area contributed by atoms with E-state index in [4.69, 9.17) is 0 Å². The molecule has 0 radical (unpaired) electrons. The summed E-state index contributed by atoms with van der Waals surface area (Å²) in [7, 11) is 0. The maximum Gasteiger partial charge on any atom is 0.251 e. The van der Waals surface area contributed by atoms with Crippen LogP contribution < -0.4 is 5.32 Å². The van der Waals surface area contributed by atoms with Crippen LogP contribution in [0.3, 0.4) is 0 Å². The Hall–Kier alpha value is -0.390. The molecule has 0 spiro atoms. The van der Waals surface area contributed by atoms with Crippen LogP contribution in [0.25, 0.3) is 0 Å².